The summed E-state index contributed by atoms with van der Waals surface area (Å²) < 4.78 is 10.8. The van der Waals surface area contributed by atoms with Crippen molar-refractivity contribution in [2.45, 2.75) is 64.0 Å². The van der Waals surface area contributed by atoms with E-state index in [0.29, 0.717) is 13.0 Å². The molecule has 0 spiro atoms. The standard InChI is InChI=1S/C15H25NO4/c1-12(16-8-4-2-7-14(16)17)10-15(18)20-11-13-6-3-5-9-19-13/h12-13H,2-11H2,1H3/t12-,13+/m1/s1. The number of carbonyl (C=O) groups excluding carboxylic acids is 2. The average molecular weight is 283 g/mol. The van der Waals surface area contributed by atoms with Crippen LogP contribution in [-0.4, -0.2) is 48.7 Å². The Kier molecular flexibility index (Phi) is 5.83. The summed E-state index contributed by atoms with van der Waals surface area (Å²) in [6.07, 6.45) is 6.13. The van der Waals surface area contributed by atoms with Crippen LogP contribution in [0, 0.1) is 0 Å². The van der Waals surface area contributed by atoms with Crippen LogP contribution < -0.4 is 0 Å². The monoisotopic (exact) mass is 283 g/mol. The van der Waals surface area contributed by atoms with Gasteiger partial charge < -0.3 is 14.4 Å². The third kappa shape index (κ3) is 4.47. The number of piperidine rings is 1. The lowest BCUT2D eigenvalue weighted by Crippen LogP contribution is -2.43. The number of ether oxygens (including phenoxy) is 2. The minimum absolute atomic E-state index is 0.0552. The van der Waals surface area contributed by atoms with Crippen LogP contribution in [-0.2, 0) is 19.1 Å². The smallest absolute Gasteiger partial charge is 0.307 e. The Morgan fingerprint density at radius 2 is 2.25 bits per heavy atom. The van der Waals surface area contributed by atoms with Gasteiger partial charge in [-0.25, -0.2) is 0 Å². The first-order chi connectivity index (χ1) is 9.66. The molecule has 0 bridgehead atoms. The highest BCUT2D eigenvalue weighted by molar-refractivity contribution is 5.78. The van der Waals surface area contributed by atoms with Crippen molar-refractivity contribution in [1.29, 1.82) is 0 Å². The number of esters is 1. The van der Waals surface area contributed by atoms with Crippen LogP contribution in [0.15, 0.2) is 0 Å². The van der Waals surface area contributed by atoms with Crippen LogP contribution in [0.5, 0.6) is 0 Å². The van der Waals surface area contributed by atoms with E-state index in [0.717, 1.165) is 45.3 Å². The van der Waals surface area contributed by atoms with Gasteiger partial charge in [0.15, 0.2) is 0 Å². The van der Waals surface area contributed by atoms with Crippen molar-refractivity contribution in [2.24, 2.45) is 0 Å². The molecular formula is C15H25NO4. The van der Waals surface area contributed by atoms with Gasteiger partial charge in [-0.1, -0.05) is 0 Å². The maximum Gasteiger partial charge on any atom is 0.307 e. The Hall–Kier alpha value is -1.10. The molecule has 2 heterocycles. The maximum absolute atomic E-state index is 11.8. The lowest BCUT2D eigenvalue weighted by molar-refractivity contribution is -0.151. The fourth-order valence-corrected chi connectivity index (χ4v) is 2.83. The van der Waals surface area contributed by atoms with E-state index in [4.69, 9.17) is 9.47 Å². The highest BCUT2D eigenvalue weighted by Gasteiger charge is 2.25. The zero-order valence-corrected chi connectivity index (χ0v) is 12.3. The molecule has 2 fully saturated rings. The molecule has 0 N–H and O–H groups in total. The van der Waals surface area contributed by atoms with Gasteiger partial charge in [0, 0.05) is 25.6 Å². The summed E-state index contributed by atoms with van der Waals surface area (Å²) in [7, 11) is 0. The first kappa shape index (κ1) is 15.3. The van der Waals surface area contributed by atoms with Gasteiger partial charge in [-0.15, -0.1) is 0 Å². The van der Waals surface area contributed by atoms with E-state index in [9.17, 15) is 9.59 Å². The lowest BCUT2D eigenvalue weighted by Gasteiger charge is -2.32. The quantitative estimate of drug-likeness (QED) is 0.723. The topological polar surface area (TPSA) is 55.8 Å². The molecule has 0 unspecified atom stereocenters. The normalized spacial score (nSPS) is 25.4. The van der Waals surface area contributed by atoms with Gasteiger partial charge in [-0.3, -0.25) is 9.59 Å². The van der Waals surface area contributed by atoms with Crippen LogP contribution in [0.1, 0.15) is 51.9 Å². The van der Waals surface area contributed by atoms with E-state index >= 15 is 0 Å². The van der Waals surface area contributed by atoms with E-state index in [-0.39, 0.29) is 30.4 Å². The number of rotatable bonds is 5. The maximum atomic E-state index is 11.8. The fourth-order valence-electron chi connectivity index (χ4n) is 2.83. The van der Waals surface area contributed by atoms with E-state index in [1.165, 1.54) is 0 Å². The molecule has 0 aromatic carbocycles. The number of amides is 1. The number of nitrogens with zero attached hydrogens (tertiary/aromatic N) is 1. The fraction of sp³-hybridized carbons (Fsp3) is 0.867. The van der Waals surface area contributed by atoms with Crippen LogP contribution in [0.2, 0.25) is 0 Å². The zero-order valence-electron chi connectivity index (χ0n) is 12.3. The summed E-state index contributed by atoms with van der Waals surface area (Å²) in [4.78, 5) is 25.4. The molecule has 20 heavy (non-hydrogen) atoms. The molecule has 1 amide bonds. The van der Waals surface area contributed by atoms with Gasteiger partial charge in [0.1, 0.15) is 6.61 Å². The molecule has 0 saturated carbocycles. The Morgan fingerprint density at radius 3 is 2.95 bits per heavy atom. The Bertz CT molecular complexity index is 339. The average Bonchev–Trinajstić information content (AvgIpc) is 2.46. The van der Waals surface area contributed by atoms with Crippen molar-refractivity contribution in [3.8, 4) is 0 Å². The second-order valence-corrected chi connectivity index (χ2v) is 5.77. The van der Waals surface area contributed by atoms with Crippen molar-refractivity contribution in [3.05, 3.63) is 0 Å². The summed E-state index contributed by atoms with van der Waals surface area (Å²) >= 11 is 0. The molecule has 0 aliphatic carbocycles. The third-order valence-electron chi connectivity index (χ3n) is 4.06. The van der Waals surface area contributed by atoms with Gasteiger partial charge in [-0.2, -0.15) is 0 Å². The first-order valence-electron chi connectivity index (χ1n) is 7.73. The molecule has 2 aliphatic rings. The van der Waals surface area contributed by atoms with E-state index in [1.807, 2.05) is 11.8 Å². The molecular weight excluding hydrogens is 258 g/mol. The second-order valence-electron chi connectivity index (χ2n) is 5.77. The lowest BCUT2D eigenvalue weighted by atomic mass is 10.1. The molecule has 114 valence electrons. The summed E-state index contributed by atoms with van der Waals surface area (Å²) in [6.45, 7) is 3.79. The van der Waals surface area contributed by atoms with Gasteiger partial charge in [0.25, 0.3) is 0 Å². The van der Waals surface area contributed by atoms with Gasteiger partial charge in [-0.05, 0) is 39.0 Å². The van der Waals surface area contributed by atoms with Gasteiger partial charge in [0.05, 0.1) is 12.5 Å². The predicted octanol–water partition coefficient (Wildman–Crippen LogP) is 1.89. The Morgan fingerprint density at radius 1 is 1.40 bits per heavy atom. The van der Waals surface area contributed by atoms with Crippen molar-refractivity contribution >= 4 is 11.9 Å². The van der Waals surface area contributed by atoms with E-state index in [2.05, 4.69) is 0 Å². The number of carbonyl (C=O) groups is 2. The minimum Gasteiger partial charge on any atom is -0.463 e. The van der Waals surface area contributed by atoms with Crippen LogP contribution in [0.4, 0.5) is 0 Å². The molecule has 2 rings (SSSR count). The Balaban J connectivity index is 1.68. The molecule has 5 nitrogen and oxygen atoms in total. The Labute approximate surface area is 120 Å². The number of hydrogen-bond donors (Lipinski definition) is 0. The summed E-state index contributed by atoms with van der Waals surface area (Å²) in [6, 6.07) is -0.0671. The van der Waals surface area contributed by atoms with E-state index in [1.54, 1.807) is 0 Å². The van der Waals surface area contributed by atoms with Crippen molar-refractivity contribution in [3.63, 3.8) is 0 Å². The summed E-state index contributed by atoms with van der Waals surface area (Å²) in [5.74, 6) is -0.0720. The molecule has 2 atom stereocenters. The molecule has 0 aromatic rings. The molecule has 2 aliphatic heterocycles. The van der Waals surface area contributed by atoms with Crippen LogP contribution >= 0.6 is 0 Å². The van der Waals surface area contributed by atoms with Crippen molar-refractivity contribution in [2.75, 3.05) is 19.8 Å². The summed E-state index contributed by atoms with van der Waals surface area (Å²) in [5, 5.41) is 0. The summed E-state index contributed by atoms with van der Waals surface area (Å²) in [5.41, 5.74) is 0. The third-order valence-corrected chi connectivity index (χ3v) is 4.06. The molecule has 2 saturated heterocycles. The minimum atomic E-state index is -0.231. The first-order valence-corrected chi connectivity index (χ1v) is 7.73. The molecule has 5 heteroatoms. The molecule has 0 aromatic heterocycles. The second kappa shape index (κ2) is 7.62. The number of hydrogen-bond acceptors (Lipinski definition) is 4. The largest absolute Gasteiger partial charge is 0.463 e. The predicted molar refractivity (Wildman–Crippen MR) is 74.2 cm³/mol. The highest BCUT2D eigenvalue weighted by atomic mass is 16.6. The highest BCUT2D eigenvalue weighted by Crippen LogP contribution is 2.17. The van der Waals surface area contributed by atoms with Crippen molar-refractivity contribution < 1.29 is 19.1 Å². The SMILES string of the molecule is C[C@H](CC(=O)OC[C@@H]1CCCCO1)N1CCCCC1=O. The number of likely N-dealkylation sites (tertiary alicyclic amines) is 1. The zero-order chi connectivity index (χ0) is 14.4. The molecule has 0 radical (unpaired) electrons. The van der Waals surface area contributed by atoms with Crippen molar-refractivity contribution in [1.82, 2.24) is 4.90 Å². The van der Waals surface area contributed by atoms with Crippen LogP contribution in [0.25, 0.3) is 0 Å². The van der Waals surface area contributed by atoms with Gasteiger partial charge >= 0.3 is 5.97 Å². The van der Waals surface area contributed by atoms with Gasteiger partial charge in [0.2, 0.25) is 5.91 Å². The van der Waals surface area contributed by atoms with Crippen LogP contribution in [0.3, 0.4) is 0 Å². The van der Waals surface area contributed by atoms with E-state index < -0.39 is 0 Å².